The first-order valence-electron chi connectivity index (χ1n) is 6.53. The predicted molar refractivity (Wildman–Crippen MR) is 67.1 cm³/mol. The Labute approximate surface area is 111 Å². The average Bonchev–Trinajstić information content (AvgIpc) is 2.99. The number of nitrogens with zero attached hydrogens (tertiary/aromatic N) is 1. The minimum absolute atomic E-state index is 0.213. The molecular weight excluding hydrogens is 248 g/mol. The van der Waals surface area contributed by atoms with Gasteiger partial charge in [0.25, 0.3) is 5.91 Å². The van der Waals surface area contributed by atoms with Crippen LogP contribution >= 0.6 is 0 Å². The average molecular weight is 266 g/mol. The molecule has 1 saturated heterocycles. The lowest BCUT2D eigenvalue weighted by atomic mass is 10.1. The number of esters is 1. The van der Waals surface area contributed by atoms with Crippen molar-refractivity contribution in [3.05, 3.63) is 12.2 Å². The van der Waals surface area contributed by atoms with Crippen molar-refractivity contribution in [2.45, 2.75) is 32.3 Å². The molecule has 19 heavy (non-hydrogen) atoms. The Balaban J connectivity index is 1.80. The van der Waals surface area contributed by atoms with Gasteiger partial charge in [-0.1, -0.05) is 12.2 Å². The molecule has 1 aliphatic heterocycles. The normalized spacial score (nSPS) is 23.3. The first-order valence-corrected chi connectivity index (χ1v) is 6.53. The molecule has 1 heterocycles. The van der Waals surface area contributed by atoms with Crippen LogP contribution in [0.4, 0.5) is 4.79 Å². The van der Waals surface area contributed by atoms with Gasteiger partial charge in [0.15, 0.2) is 6.10 Å². The van der Waals surface area contributed by atoms with Gasteiger partial charge in [-0.2, -0.15) is 0 Å². The molecule has 3 amide bonds. The molecule has 2 aliphatic rings. The zero-order chi connectivity index (χ0) is 13.8. The Morgan fingerprint density at radius 3 is 2.95 bits per heavy atom. The highest BCUT2D eigenvalue weighted by Crippen LogP contribution is 2.21. The maximum absolute atomic E-state index is 11.9. The largest absolute Gasteiger partial charge is 0.453 e. The van der Waals surface area contributed by atoms with Crippen molar-refractivity contribution in [3.8, 4) is 0 Å². The molecule has 1 fully saturated rings. The topological polar surface area (TPSA) is 75.7 Å². The summed E-state index contributed by atoms with van der Waals surface area (Å²) in [5.41, 5.74) is 0. The Morgan fingerprint density at radius 2 is 2.37 bits per heavy atom. The number of hydrogen-bond acceptors (Lipinski definition) is 4. The first-order chi connectivity index (χ1) is 9.08. The molecule has 0 spiro atoms. The van der Waals surface area contributed by atoms with Crippen molar-refractivity contribution in [2.24, 2.45) is 5.92 Å². The summed E-state index contributed by atoms with van der Waals surface area (Å²) in [4.78, 5) is 36.0. The van der Waals surface area contributed by atoms with Crippen molar-refractivity contribution in [3.63, 3.8) is 0 Å². The quantitative estimate of drug-likeness (QED) is 0.604. The van der Waals surface area contributed by atoms with Crippen LogP contribution in [-0.4, -0.2) is 42.0 Å². The van der Waals surface area contributed by atoms with Crippen molar-refractivity contribution in [2.75, 3.05) is 13.1 Å². The van der Waals surface area contributed by atoms with Gasteiger partial charge in [0, 0.05) is 13.1 Å². The molecule has 0 saturated carbocycles. The number of nitrogens with one attached hydrogen (secondary N) is 1. The van der Waals surface area contributed by atoms with E-state index in [0.29, 0.717) is 19.5 Å². The minimum atomic E-state index is -0.915. The molecule has 2 atom stereocenters. The van der Waals surface area contributed by atoms with E-state index in [-0.39, 0.29) is 5.92 Å². The van der Waals surface area contributed by atoms with Crippen molar-refractivity contribution < 1.29 is 19.1 Å². The van der Waals surface area contributed by atoms with Crippen LogP contribution in [0, 0.1) is 5.92 Å². The lowest BCUT2D eigenvalue weighted by Gasteiger charge is -2.18. The minimum Gasteiger partial charge on any atom is -0.453 e. The van der Waals surface area contributed by atoms with Gasteiger partial charge in [-0.15, -0.1) is 0 Å². The van der Waals surface area contributed by atoms with Crippen LogP contribution in [0.3, 0.4) is 0 Å². The van der Waals surface area contributed by atoms with E-state index in [1.807, 2.05) is 12.2 Å². The number of imide groups is 1. The molecule has 0 radical (unpaired) electrons. The van der Waals surface area contributed by atoms with E-state index in [9.17, 15) is 14.4 Å². The Kier molecular flexibility index (Phi) is 4.19. The van der Waals surface area contributed by atoms with Gasteiger partial charge >= 0.3 is 12.0 Å². The molecule has 0 unspecified atom stereocenters. The Bertz CT molecular complexity index is 419. The number of ether oxygens (including phenoxy) is 1. The fourth-order valence-electron chi connectivity index (χ4n) is 2.28. The van der Waals surface area contributed by atoms with E-state index in [0.717, 1.165) is 17.7 Å². The van der Waals surface area contributed by atoms with Gasteiger partial charge in [-0.3, -0.25) is 14.5 Å². The molecule has 0 aromatic heterocycles. The van der Waals surface area contributed by atoms with Gasteiger partial charge in [0.1, 0.15) is 0 Å². The van der Waals surface area contributed by atoms with E-state index in [2.05, 4.69) is 5.32 Å². The summed E-state index contributed by atoms with van der Waals surface area (Å²) >= 11 is 0. The lowest BCUT2D eigenvalue weighted by Crippen LogP contribution is -2.41. The number of urea groups is 1. The number of carbonyl (C=O) groups is 3. The van der Waals surface area contributed by atoms with Gasteiger partial charge < -0.3 is 10.1 Å². The fraction of sp³-hybridized carbons (Fsp3) is 0.615. The van der Waals surface area contributed by atoms with Crippen molar-refractivity contribution in [1.82, 2.24) is 10.2 Å². The monoisotopic (exact) mass is 266 g/mol. The van der Waals surface area contributed by atoms with Crippen molar-refractivity contribution >= 4 is 17.9 Å². The SMILES string of the molecule is C[C@H](OC(=O)C[C@@H]1C=CCC1)C(=O)N1CCNC1=O. The van der Waals surface area contributed by atoms with Crippen LogP contribution in [0.2, 0.25) is 0 Å². The van der Waals surface area contributed by atoms with Crippen LogP contribution in [-0.2, 0) is 14.3 Å². The number of allylic oxidation sites excluding steroid dienone is 2. The fourth-order valence-corrected chi connectivity index (χ4v) is 2.28. The van der Waals surface area contributed by atoms with Gasteiger partial charge in [0.05, 0.1) is 6.42 Å². The van der Waals surface area contributed by atoms with E-state index in [4.69, 9.17) is 4.74 Å². The van der Waals surface area contributed by atoms with Crippen LogP contribution in [0.15, 0.2) is 12.2 Å². The highest BCUT2D eigenvalue weighted by atomic mass is 16.5. The third-order valence-corrected chi connectivity index (χ3v) is 3.32. The summed E-state index contributed by atoms with van der Waals surface area (Å²) in [6.07, 6.45) is 5.36. The van der Waals surface area contributed by atoms with E-state index in [1.165, 1.54) is 6.92 Å². The van der Waals surface area contributed by atoms with Crippen LogP contribution in [0.5, 0.6) is 0 Å². The number of carbonyl (C=O) groups excluding carboxylic acids is 3. The standard InChI is InChI=1S/C13H18N2O4/c1-9(12(17)15-7-6-14-13(15)18)19-11(16)8-10-4-2-3-5-10/h2,4,9-10H,3,5-8H2,1H3,(H,14,18)/t9-,10+/m0/s1. The van der Waals surface area contributed by atoms with Crippen molar-refractivity contribution in [1.29, 1.82) is 0 Å². The molecular formula is C13H18N2O4. The Morgan fingerprint density at radius 1 is 1.58 bits per heavy atom. The zero-order valence-corrected chi connectivity index (χ0v) is 10.9. The molecule has 1 aliphatic carbocycles. The van der Waals surface area contributed by atoms with Crippen LogP contribution in [0.25, 0.3) is 0 Å². The summed E-state index contributed by atoms with van der Waals surface area (Å²) < 4.78 is 5.09. The highest BCUT2D eigenvalue weighted by Gasteiger charge is 2.31. The Hall–Kier alpha value is -1.85. The third kappa shape index (κ3) is 3.33. The maximum Gasteiger partial charge on any atom is 0.324 e. The van der Waals surface area contributed by atoms with E-state index in [1.54, 1.807) is 0 Å². The second-order valence-corrected chi connectivity index (χ2v) is 4.82. The molecule has 0 bridgehead atoms. The molecule has 6 nitrogen and oxygen atoms in total. The van der Waals surface area contributed by atoms with Gasteiger partial charge in [-0.05, 0) is 25.7 Å². The maximum atomic E-state index is 11.9. The molecule has 0 aromatic rings. The molecule has 1 N–H and O–H groups in total. The van der Waals surface area contributed by atoms with Gasteiger partial charge in [-0.25, -0.2) is 4.79 Å². The smallest absolute Gasteiger partial charge is 0.324 e. The summed E-state index contributed by atoms with van der Waals surface area (Å²) in [6, 6.07) is -0.424. The summed E-state index contributed by atoms with van der Waals surface area (Å²) in [6.45, 7) is 2.26. The molecule has 2 rings (SSSR count). The highest BCUT2D eigenvalue weighted by molar-refractivity contribution is 5.98. The van der Waals surface area contributed by atoms with Crippen LogP contribution in [0.1, 0.15) is 26.2 Å². The van der Waals surface area contributed by atoms with Gasteiger partial charge in [0.2, 0.25) is 0 Å². The summed E-state index contributed by atoms with van der Waals surface area (Å²) in [5, 5.41) is 2.53. The summed E-state index contributed by atoms with van der Waals surface area (Å²) in [7, 11) is 0. The zero-order valence-electron chi connectivity index (χ0n) is 10.9. The molecule has 104 valence electrons. The van der Waals surface area contributed by atoms with Crippen LogP contribution < -0.4 is 5.32 Å². The predicted octanol–water partition coefficient (Wildman–Crippen LogP) is 0.826. The van der Waals surface area contributed by atoms with E-state index >= 15 is 0 Å². The number of hydrogen-bond donors (Lipinski definition) is 1. The van der Waals surface area contributed by atoms with E-state index < -0.39 is 24.0 Å². The summed E-state index contributed by atoms with van der Waals surface area (Å²) in [5.74, 6) is -0.646. The first kappa shape index (κ1) is 13.6. The second-order valence-electron chi connectivity index (χ2n) is 4.82. The molecule has 0 aromatic carbocycles. The third-order valence-electron chi connectivity index (χ3n) is 3.32. The second kappa shape index (κ2) is 5.86. The number of amides is 3. The number of rotatable bonds is 4. The lowest BCUT2D eigenvalue weighted by molar-refractivity contribution is -0.158. The molecule has 6 heteroatoms.